The number of aryl methyl sites for hydroxylation is 1. The molecular weight excluding hydrogens is 293 g/mol. The zero-order chi connectivity index (χ0) is 15.5. The molecule has 0 bridgehead atoms. The molecule has 0 radical (unpaired) electrons. The van der Waals surface area contributed by atoms with Crippen molar-refractivity contribution >= 4 is 15.7 Å². The number of rotatable bonds is 5. The molecule has 0 aliphatic rings. The molecule has 0 aliphatic heterocycles. The Morgan fingerprint density at radius 3 is 2.52 bits per heavy atom. The molecular formula is C15H16FNO3S. The molecule has 0 unspecified atom stereocenters. The van der Waals surface area contributed by atoms with E-state index in [0.29, 0.717) is 12.0 Å². The van der Waals surface area contributed by atoms with Gasteiger partial charge in [-0.25, -0.2) is 12.8 Å². The molecule has 21 heavy (non-hydrogen) atoms. The maximum absolute atomic E-state index is 13.7. The maximum Gasteiger partial charge on any atom is 0.265 e. The molecule has 0 fully saturated rings. The molecule has 0 heterocycles. The lowest BCUT2D eigenvalue weighted by atomic mass is 10.1. The van der Waals surface area contributed by atoms with E-state index < -0.39 is 15.8 Å². The quantitative estimate of drug-likeness (QED) is 0.923. The maximum atomic E-state index is 13.7. The molecule has 2 rings (SSSR count). The Hall–Kier alpha value is -2.08. The normalized spacial score (nSPS) is 11.2. The summed E-state index contributed by atoms with van der Waals surface area (Å²) in [5, 5.41) is 0. The molecule has 0 atom stereocenters. The van der Waals surface area contributed by atoms with Crippen molar-refractivity contribution in [3.8, 4) is 5.75 Å². The Balaban J connectivity index is 2.35. The smallest absolute Gasteiger partial charge is 0.265 e. The molecule has 2 aromatic carbocycles. The van der Waals surface area contributed by atoms with E-state index in [-0.39, 0.29) is 16.3 Å². The second-order valence-electron chi connectivity index (χ2n) is 4.42. The predicted molar refractivity (Wildman–Crippen MR) is 79.6 cm³/mol. The largest absolute Gasteiger partial charge is 0.495 e. The molecule has 6 heteroatoms. The highest BCUT2D eigenvalue weighted by atomic mass is 32.2. The van der Waals surface area contributed by atoms with Gasteiger partial charge in [0.1, 0.15) is 16.5 Å². The van der Waals surface area contributed by atoms with Crippen LogP contribution in [0.15, 0.2) is 47.4 Å². The summed E-state index contributed by atoms with van der Waals surface area (Å²) in [6.45, 7) is 1.83. The van der Waals surface area contributed by atoms with Crippen LogP contribution in [0.4, 0.5) is 10.1 Å². The Morgan fingerprint density at radius 2 is 1.90 bits per heavy atom. The fourth-order valence-electron chi connectivity index (χ4n) is 1.95. The van der Waals surface area contributed by atoms with Crippen molar-refractivity contribution in [3.63, 3.8) is 0 Å². The van der Waals surface area contributed by atoms with Crippen molar-refractivity contribution in [2.24, 2.45) is 0 Å². The highest BCUT2D eigenvalue weighted by Crippen LogP contribution is 2.25. The van der Waals surface area contributed by atoms with Crippen LogP contribution in [0, 0.1) is 5.82 Å². The van der Waals surface area contributed by atoms with Crippen LogP contribution < -0.4 is 9.46 Å². The van der Waals surface area contributed by atoms with E-state index in [1.54, 1.807) is 24.3 Å². The third-order valence-corrected chi connectivity index (χ3v) is 4.47. The van der Waals surface area contributed by atoms with Crippen LogP contribution in [0.5, 0.6) is 5.75 Å². The fourth-order valence-corrected chi connectivity index (χ4v) is 3.17. The number of para-hydroxylation sites is 1. The lowest BCUT2D eigenvalue weighted by Crippen LogP contribution is -2.14. The minimum atomic E-state index is -3.83. The topological polar surface area (TPSA) is 55.4 Å². The van der Waals surface area contributed by atoms with Gasteiger partial charge >= 0.3 is 0 Å². The van der Waals surface area contributed by atoms with Gasteiger partial charge in [0.05, 0.1) is 12.8 Å². The lowest BCUT2D eigenvalue weighted by molar-refractivity contribution is 0.403. The van der Waals surface area contributed by atoms with Gasteiger partial charge in [0.2, 0.25) is 0 Å². The van der Waals surface area contributed by atoms with Crippen LogP contribution in [0.1, 0.15) is 12.5 Å². The molecule has 0 aliphatic carbocycles. The van der Waals surface area contributed by atoms with Gasteiger partial charge in [0.15, 0.2) is 0 Å². The summed E-state index contributed by atoms with van der Waals surface area (Å²) in [7, 11) is -2.44. The van der Waals surface area contributed by atoms with E-state index in [9.17, 15) is 12.8 Å². The van der Waals surface area contributed by atoms with Gasteiger partial charge in [-0.2, -0.15) is 0 Å². The minimum Gasteiger partial charge on any atom is -0.495 e. The molecule has 1 N–H and O–H groups in total. The zero-order valence-electron chi connectivity index (χ0n) is 11.8. The summed E-state index contributed by atoms with van der Waals surface area (Å²) in [5.41, 5.74) is 0.714. The minimum absolute atomic E-state index is 0.00692. The molecule has 0 saturated carbocycles. The number of benzene rings is 2. The number of halogens is 1. The van der Waals surface area contributed by atoms with Crippen LogP contribution in [0.3, 0.4) is 0 Å². The van der Waals surface area contributed by atoms with Gasteiger partial charge in [-0.1, -0.05) is 25.1 Å². The fraction of sp³-hybridized carbons (Fsp3) is 0.200. The van der Waals surface area contributed by atoms with Gasteiger partial charge in [-0.15, -0.1) is 0 Å². The van der Waals surface area contributed by atoms with E-state index in [1.165, 1.54) is 25.3 Å². The van der Waals surface area contributed by atoms with Crippen LogP contribution in [0.25, 0.3) is 0 Å². The molecule has 112 valence electrons. The number of methoxy groups -OCH3 is 1. The Morgan fingerprint density at radius 1 is 1.19 bits per heavy atom. The summed E-state index contributed by atoms with van der Waals surface area (Å²) in [5.74, 6) is -0.201. The SMILES string of the molecule is CCc1ccc(NS(=O)(=O)c2ccccc2OC)cc1F. The van der Waals surface area contributed by atoms with E-state index in [1.807, 2.05) is 6.92 Å². The molecule has 2 aromatic rings. The van der Waals surface area contributed by atoms with Crippen LogP contribution in [0.2, 0.25) is 0 Å². The Labute approximate surface area is 123 Å². The first-order chi connectivity index (χ1) is 9.97. The van der Waals surface area contributed by atoms with E-state index in [0.717, 1.165) is 0 Å². The molecule has 0 spiro atoms. The van der Waals surface area contributed by atoms with Crippen LogP contribution in [-0.2, 0) is 16.4 Å². The third kappa shape index (κ3) is 3.33. The summed E-state index contributed by atoms with van der Waals surface area (Å²) in [6, 6.07) is 10.5. The zero-order valence-corrected chi connectivity index (χ0v) is 12.6. The summed E-state index contributed by atoms with van der Waals surface area (Å²) >= 11 is 0. The van der Waals surface area contributed by atoms with Gasteiger partial charge in [0, 0.05) is 0 Å². The van der Waals surface area contributed by atoms with Crippen molar-refractivity contribution in [2.45, 2.75) is 18.2 Å². The highest BCUT2D eigenvalue weighted by Gasteiger charge is 2.19. The van der Waals surface area contributed by atoms with Crippen molar-refractivity contribution in [3.05, 3.63) is 53.8 Å². The molecule has 0 amide bonds. The number of ether oxygens (including phenoxy) is 1. The first-order valence-corrected chi connectivity index (χ1v) is 7.90. The van der Waals surface area contributed by atoms with Crippen molar-refractivity contribution in [2.75, 3.05) is 11.8 Å². The molecule has 4 nitrogen and oxygen atoms in total. The number of nitrogens with one attached hydrogen (secondary N) is 1. The summed E-state index contributed by atoms with van der Waals surface area (Å²) < 4.78 is 45.8. The van der Waals surface area contributed by atoms with Gasteiger partial charge < -0.3 is 4.74 Å². The Bertz CT molecular complexity index is 744. The van der Waals surface area contributed by atoms with E-state index in [4.69, 9.17) is 4.74 Å². The summed E-state index contributed by atoms with van der Waals surface area (Å²) in [4.78, 5) is 0.00692. The van der Waals surface area contributed by atoms with Crippen molar-refractivity contribution < 1.29 is 17.5 Å². The Kier molecular flexibility index (Phi) is 4.47. The number of hydrogen-bond donors (Lipinski definition) is 1. The van der Waals surface area contributed by atoms with Crippen LogP contribution in [-0.4, -0.2) is 15.5 Å². The predicted octanol–water partition coefficient (Wildman–Crippen LogP) is 3.20. The second-order valence-corrected chi connectivity index (χ2v) is 6.07. The monoisotopic (exact) mass is 309 g/mol. The van der Waals surface area contributed by atoms with Crippen LogP contribution >= 0.6 is 0 Å². The first-order valence-electron chi connectivity index (χ1n) is 6.42. The highest BCUT2D eigenvalue weighted by molar-refractivity contribution is 7.92. The summed E-state index contributed by atoms with van der Waals surface area (Å²) in [6.07, 6.45) is 0.547. The van der Waals surface area contributed by atoms with Crippen molar-refractivity contribution in [1.29, 1.82) is 0 Å². The molecule has 0 aromatic heterocycles. The average Bonchev–Trinajstić information content (AvgIpc) is 2.47. The van der Waals surface area contributed by atoms with E-state index >= 15 is 0 Å². The lowest BCUT2D eigenvalue weighted by Gasteiger charge is -2.12. The number of anilines is 1. The second kappa shape index (κ2) is 6.13. The standard InChI is InChI=1S/C15H16FNO3S/c1-3-11-8-9-12(10-13(11)16)17-21(18,19)15-7-5-4-6-14(15)20-2/h4-10,17H,3H2,1-2H3. The third-order valence-electron chi connectivity index (χ3n) is 3.04. The molecule has 0 saturated heterocycles. The first kappa shape index (κ1) is 15.3. The van der Waals surface area contributed by atoms with E-state index in [2.05, 4.69) is 4.72 Å². The number of hydrogen-bond acceptors (Lipinski definition) is 3. The number of sulfonamides is 1. The van der Waals surface area contributed by atoms with Gasteiger partial charge in [-0.05, 0) is 36.2 Å². The van der Waals surface area contributed by atoms with Gasteiger partial charge in [0.25, 0.3) is 10.0 Å². The average molecular weight is 309 g/mol. The van der Waals surface area contributed by atoms with Crippen molar-refractivity contribution in [1.82, 2.24) is 0 Å². The van der Waals surface area contributed by atoms with Gasteiger partial charge in [-0.3, -0.25) is 4.72 Å².